The largest absolute Gasteiger partial charge is 0.383 e. The summed E-state index contributed by atoms with van der Waals surface area (Å²) >= 11 is 0. The summed E-state index contributed by atoms with van der Waals surface area (Å²) in [7, 11) is 3.06. The van der Waals surface area contributed by atoms with Gasteiger partial charge in [0, 0.05) is 14.2 Å². The Morgan fingerprint density at radius 3 is 2.53 bits per heavy atom. The van der Waals surface area contributed by atoms with Crippen LogP contribution in [0.2, 0.25) is 0 Å². The van der Waals surface area contributed by atoms with Crippen LogP contribution in [0.4, 0.5) is 0 Å². The van der Waals surface area contributed by atoms with Gasteiger partial charge in [-0.1, -0.05) is 6.92 Å². The predicted octanol–water partition coefficient (Wildman–Crippen LogP) is -1.55. The van der Waals surface area contributed by atoms with Crippen LogP contribution in [0.3, 0.4) is 0 Å². The lowest BCUT2D eigenvalue weighted by Crippen LogP contribution is -2.53. The highest BCUT2D eigenvalue weighted by molar-refractivity contribution is 5.83. The normalized spacial score (nSPS) is 12.3. The second-order valence-electron chi connectivity index (χ2n) is 3.62. The highest BCUT2D eigenvalue weighted by Crippen LogP contribution is 2.02. The Bertz CT molecular complexity index is 248. The molecule has 4 N–H and O–H groups in total. The van der Waals surface area contributed by atoms with Crippen molar-refractivity contribution < 1.29 is 14.3 Å². The molecule has 2 amide bonds. The Balaban J connectivity index is 4.68. The molecule has 7 heteroatoms. The Kier molecular flexibility index (Phi) is 8.29. The summed E-state index contributed by atoms with van der Waals surface area (Å²) < 4.78 is 4.98. The molecule has 1 atom stereocenters. The molecule has 7 nitrogen and oxygen atoms in total. The van der Waals surface area contributed by atoms with Crippen LogP contribution in [-0.4, -0.2) is 56.6 Å². The molecule has 0 aromatic rings. The number of hydrogen-bond acceptors (Lipinski definition) is 5. The minimum atomic E-state index is -0.553. The molecule has 0 radical (unpaired) electrons. The molecule has 0 heterocycles. The van der Waals surface area contributed by atoms with Gasteiger partial charge >= 0.3 is 0 Å². The van der Waals surface area contributed by atoms with Crippen LogP contribution < -0.4 is 16.6 Å². The SMILES string of the molecule is CCCN(CC(=O)NC)C(COC)C(=O)NN. The summed E-state index contributed by atoms with van der Waals surface area (Å²) in [5, 5.41) is 2.52. The maximum atomic E-state index is 11.6. The van der Waals surface area contributed by atoms with E-state index in [1.165, 1.54) is 7.11 Å². The highest BCUT2D eigenvalue weighted by atomic mass is 16.5. The number of carbonyl (C=O) groups excluding carboxylic acids is 2. The van der Waals surface area contributed by atoms with Gasteiger partial charge in [-0.15, -0.1) is 0 Å². The molecule has 0 rings (SSSR count). The molecule has 100 valence electrons. The molecule has 0 aromatic carbocycles. The second kappa shape index (κ2) is 8.91. The molecule has 0 aliphatic rings. The van der Waals surface area contributed by atoms with Gasteiger partial charge in [0.15, 0.2) is 0 Å². The second-order valence-corrected chi connectivity index (χ2v) is 3.62. The van der Waals surface area contributed by atoms with Gasteiger partial charge in [-0.3, -0.25) is 19.9 Å². The quantitative estimate of drug-likeness (QED) is 0.274. The highest BCUT2D eigenvalue weighted by Gasteiger charge is 2.26. The first kappa shape index (κ1) is 15.8. The maximum absolute atomic E-state index is 11.6. The maximum Gasteiger partial charge on any atom is 0.253 e. The Labute approximate surface area is 102 Å². The van der Waals surface area contributed by atoms with Crippen molar-refractivity contribution in [3.8, 4) is 0 Å². The van der Waals surface area contributed by atoms with Crippen LogP contribution in [0.25, 0.3) is 0 Å². The fourth-order valence-electron chi connectivity index (χ4n) is 1.50. The summed E-state index contributed by atoms with van der Waals surface area (Å²) in [6.45, 7) is 2.93. The predicted molar refractivity (Wildman–Crippen MR) is 63.9 cm³/mol. The van der Waals surface area contributed by atoms with E-state index in [4.69, 9.17) is 10.6 Å². The number of amides is 2. The van der Waals surface area contributed by atoms with Crippen molar-refractivity contribution in [3.63, 3.8) is 0 Å². The van der Waals surface area contributed by atoms with E-state index in [1.54, 1.807) is 11.9 Å². The molecule has 17 heavy (non-hydrogen) atoms. The van der Waals surface area contributed by atoms with Crippen LogP contribution in [0.5, 0.6) is 0 Å². The van der Waals surface area contributed by atoms with Crippen LogP contribution in [-0.2, 0) is 14.3 Å². The topological polar surface area (TPSA) is 96.7 Å². The van der Waals surface area contributed by atoms with Gasteiger partial charge in [-0.25, -0.2) is 5.84 Å². The standard InChI is InChI=1S/C10H22N4O3/c1-4-5-14(6-9(15)12-2)8(7-17-3)10(16)13-11/h8H,4-7,11H2,1-3H3,(H,12,15)(H,13,16). The van der Waals surface area contributed by atoms with E-state index < -0.39 is 6.04 Å². The number of nitrogens with one attached hydrogen (secondary N) is 2. The lowest BCUT2D eigenvalue weighted by atomic mass is 10.2. The number of ether oxygens (including phenoxy) is 1. The van der Waals surface area contributed by atoms with E-state index in [1.807, 2.05) is 6.92 Å². The summed E-state index contributed by atoms with van der Waals surface area (Å²) in [5.41, 5.74) is 2.09. The fraction of sp³-hybridized carbons (Fsp3) is 0.800. The van der Waals surface area contributed by atoms with Gasteiger partial charge in [0.25, 0.3) is 5.91 Å². The molecule has 1 unspecified atom stereocenters. The monoisotopic (exact) mass is 246 g/mol. The van der Waals surface area contributed by atoms with Crippen LogP contribution in [0.15, 0.2) is 0 Å². The Morgan fingerprint density at radius 2 is 2.12 bits per heavy atom. The molecular weight excluding hydrogens is 224 g/mol. The third-order valence-electron chi connectivity index (χ3n) is 2.35. The zero-order valence-corrected chi connectivity index (χ0v) is 10.7. The van der Waals surface area contributed by atoms with E-state index in [9.17, 15) is 9.59 Å². The van der Waals surface area contributed by atoms with E-state index in [-0.39, 0.29) is 25.0 Å². The zero-order chi connectivity index (χ0) is 13.3. The number of carbonyl (C=O) groups is 2. The number of hydrogen-bond donors (Lipinski definition) is 3. The minimum Gasteiger partial charge on any atom is -0.383 e. The van der Waals surface area contributed by atoms with Gasteiger partial charge in [0.1, 0.15) is 6.04 Å². The molecule has 0 aliphatic carbocycles. The van der Waals surface area contributed by atoms with Crippen LogP contribution in [0.1, 0.15) is 13.3 Å². The number of nitrogens with zero attached hydrogens (tertiary/aromatic N) is 1. The van der Waals surface area contributed by atoms with E-state index >= 15 is 0 Å². The van der Waals surface area contributed by atoms with Gasteiger partial charge < -0.3 is 10.1 Å². The third-order valence-corrected chi connectivity index (χ3v) is 2.35. The Hall–Kier alpha value is -1.18. The molecule has 0 saturated heterocycles. The van der Waals surface area contributed by atoms with Crippen molar-refractivity contribution in [2.24, 2.45) is 5.84 Å². The van der Waals surface area contributed by atoms with Gasteiger partial charge in [0.05, 0.1) is 13.2 Å². The van der Waals surface area contributed by atoms with Crippen molar-refractivity contribution >= 4 is 11.8 Å². The van der Waals surface area contributed by atoms with Crippen molar-refractivity contribution in [2.75, 3.05) is 33.9 Å². The molecule has 0 aliphatic heterocycles. The van der Waals surface area contributed by atoms with Crippen LogP contribution in [0, 0.1) is 0 Å². The Morgan fingerprint density at radius 1 is 1.47 bits per heavy atom. The van der Waals surface area contributed by atoms with Gasteiger partial charge in [-0.2, -0.15) is 0 Å². The average Bonchev–Trinajstić information content (AvgIpc) is 2.34. The number of likely N-dealkylation sites (N-methyl/N-ethyl adjacent to an activating group) is 1. The first-order valence-corrected chi connectivity index (χ1v) is 5.54. The number of rotatable bonds is 8. The number of methoxy groups -OCH3 is 1. The number of hydrazine groups is 1. The first-order valence-electron chi connectivity index (χ1n) is 5.54. The van der Waals surface area contributed by atoms with Crippen molar-refractivity contribution in [1.82, 2.24) is 15.6 Å². The van der Waals surface area contributed by atoms with E-state index in [0.29, 0.717) is 6.54 Å². The first-order chi connectivity index (χ1) is 8.10. The average molecular weight is 246 g/mol. The molecule has 0 saturated carbocycles. The molecule has 0 fully saturated rings. The summed E-state index contributed by atoms with van der Waals surface area (Å²) in [6, 6.07) is -0.553. The fourth-order valence-corrected chi connectivity index (χ4v) is 1.50. The lowest BCUT2D eigenvalue weighted by molar-refractivity contribution is -0.130. The lowest BCUT2D eigenvalue weighted by Gasteiger charge is -2.28. The molecule has 0 aromatic heterocycles. The molecule has 0 bridgehead atoms. The van der Waals surface area contributed by atoms with Crippen molar-refractivity contribution in [3.05, 3.63) is 0 Å². The van der Waals surface area contributed by atoms with Crippen molar-refractivity contribution in [1.29, 1.82) is 0 Å². The smallest absolute Gasteiger partial charge is 0.253 e. The van der Waals surface area contributed by atoms with Crippen LogP contribution >= 0.6 is 0 Å². The van der Waals surface area contributed by atoms with Gasteiger partial charge in [0.2, 0.25) is 5.91 Å². The molecular formula is C10H22N4O3. The summed E-state index contributed by atoms with van der Waals surface area (Å²) in [5.74, 6) is 4.61. The van der Waals surface area contributed by atoms with Gasteiger partial charge in [-0.05, 0) is 13.0 Å². The number of nitrogens with two attached hydrogens (primary N) is 1. The summed E-state index contributed by atoms with van der Waals surface area (Å²) in [6.07, 6.45) is 0.828. The van der Waals surface area contributed by atoms with Crippen molar-refractivity contribution in [2.45, 2.75) is 19.4 Å². The minimum absolute atomic E-state index is 0.145. The van der Waals surface area contributed by atoms with E-state index in [0.717, 1.165) is 6.42 Å². The third kappa shape index (κ3) is 5.62. The molecule has 0 spiro atoms. The van der Waals surface area contributed by atoms with E-state index in [2.05, 4.69) is 10.7 Å². The summed E-state index contributed by atoms with van der Waals surface area (Å²) in [4.78, 5) is 24.7. The zero-order valence-electron chi connectivity index (χ0n) is 10.7.